The molecule has 7 heterocycles. The fourth-order valence-electron chi connectivity index (χ4n) is 12.9. The Hall–Kier alpha value is -5.22. The molecule has 4 aromatic rings. The molecule has 0 saturated carbocycles. The summed E-state index contributed by atoms with van der Waals surface area (Å²) in [5, 5.41) is 21.0. The Labute approximate surface area is 393 Å². The van der Waals surface area contributed by atoms with Crippen LogP contribution in [0.3, 0.4) is 0 Å². The molecule has 2 aromatic carbocycles. The van der Waals surface area contributed by atoms with Crippen LogP contribution in [0, 0.1) is 17.8 Å². The number of piperazine rings is 1. The molecule has 15 heteroatoms. The van der Waals surface area contributed by atoms with Crippen LogP contribution in [-0.4, -0.2) is 152 Å². The van der Waals surface area contributed by atoms with Crippen LogP contribution in [-0.2, 0) is 32.0 Å². The zero-order valence-corrected chi connectivity index (χ0v) is 40.4. The number of urea groups is 1. The average molecular weight is 916 g/mol. The van der Waals surface area contributed by atoms with Crippen molar-refractivity contribution in [2.24, 2.45) is 17.8 Å². The van der Waals surface area contributed by atoms with Gasteiger partial charge in [-0.15, -0.1) is 0 Å². The molecule has 2 aromatic heterocycles. The zero-order chi connectivity index (χ0) is 47.3. The van der Waals surface area contributed by atoms with Gasteiger partial charge in [0.1, 0.15) is 12.1 Å². The van der Waals surface area contributed by atoms with Gasteiger partial charge >= 0.3 is 6.03 Å². The van der Waals surface area contributed by atoms with Crippen LogP contribution in [0.25, 0.3) is 27.4 Å². The minimum Gasteiger partial charge on any atom is -0.361 e. The number of aliphatic hydroxyl groups is 1. The standard InChI is InChI=1S/C32H43N5O5.C20H26N4O/c1-6-18(4)27-29(39)36-12-8-11-25(36)32(41)37(27)30(40)31(42-32,17(2)3)34-28(38)20-13-22-21-9-7-10-23-26(21)19(15-33-23)14-24(22)35(5)16-20;1-4-24(5-2)20(25)22-14-10-16-15-7-6-8-17-19(15)13(11-21-17)9-18(16)23(3)12-14/h7,9-10,15,17-18,20,22,24-25,27,33,41H,6,8,11-14,16H2,1-5H3,(H,34,38);6-8,10-11,14,18,21H,4-5,9,12H2,1-3H3,(H,22,25)/t18?,20-,22-,24-,25+,27+,31-,32+;14-,18+/m10/s1. The number of ether oxygens (including phenoxy) is 1. The lowest BCUT2D eigenvalue weighted by Gasteiger charge is -2.50. The Kier molecular flexibility index (Phi) is 11.6. The SMILES string of the molecule is CCC(C)[C@H]1C(=O)N2CCC[C@H]2[C@]2(O)O[C@](NC(=O)[C@@H]3C[C@@H]4c5cccc6[nH]cc(c56)C[C@H]4N(C)C3)(C(C)C)C(=O)N12.CCN(CC)C(=O)N[C@H]1C=C2c3cccc4[nH]cc(c34)C[C@H]2N(C)C1. The van der Waals surface area contributed by atoms with Gasteiger partial charge in [0.15, 0.2) is 0 Å². The maximum absolute atomic E-state index is 14.5. The van der Waals surface area contributed by atoms with Gasteiger partial charge in [-0.2, -0.15) is 0 Å². The molecule has 4 fully saturated rings. The number of aromatic amines is 2. The Morgan fingerprint density at radius 2 is 1.64 bits per heavy atom. The molecule has 10 atom stereocenters. The molecule has 1 unspecified atom stereocenters. The Morgan fingerprint density at radius 3 is 2.34 bits per heavy atom. The Bertz CT molecular complexity index is 2630. The summed E-state index contributed by atoms with van der Waals surface area (Å²) in [6, 6.07) is 12.0. The third-order valence-electron chi connectivity index (χ3n) is 16.7. The molecule has 11 rings (SSSR count). The predicted molar refractivity (Wildman–Crippen MR) is 257 cm³/mol. The van der Waals surface area contributed by atoms with E-state index in [4.69, 9.17) is 4.74 Å². The van der Waals surface area contributed by atoms with Crippen molar-refractivity contribution >= 4 is 51.1 Å². The fraction of sp³-hybridized carbons (Fsp3) is 0.577. The first kappa shape index (κ1) is 45.6. The minimum absolute atomic E-state index is 0.0232. The molecule has 7 aliphatic rings. The summed E-state index contributed by atoms with van der Waals surface area (Å²) >= 11 is 0. The third kappa shape index (κ3) is 7.12. The van der Waals surface area contributed by atoms with Gasteiger partial charge in [-0.3, -0.25) is 28.9 Å². The van der Waals surface area contributed by atoms with E-state index in [9.17, 15) is 24.3 Å². The number of piperidine rings is 1. The highest BCUT2D eigenvalue weighted by Gasteiger charge is 2.72. The van der Waals surface area contributed by atoms with E-state index in [2.05, 4.69) is 99.4 Å². The quantitative estimate of drug-likeness (QED) is 0.158. The second-order valence-corrected chi connectivity index (χ2v) is 20.7. The number of fused-ring (bicyclic) bond motifs is 7. The first-order valence-corrected chi connectivity index (χ1v) is 24.9. The largest absolute Gasteiger partial charge is 0.361 e. The smallest absolute Gasteiger partial charge is 0.317 e. The van der Waals surface area contributed by atoms with E-state index in [0.29, 0.717) is 38.4 Å². The zero-order valence-electron chi connectivity index (χ0n) is 40.4. The topological polar surface area (TPSA) is 170 Å². The summed E-state index contributed by atoms with van der Waals surface area (Å²) in [6.07, 6.45) is 11.0. The number of rotatable bonds is 8. The van der Waals surface area contributed by atoms with Gasteiger partial charge in [0.2, 0.25) is 17.5 Å². The Morgan fingerprint density at radius 1 is 0.940 bits per heavy atom. The van der Waals surface area contributed by atoms with Crippen LogP contribution in [0.4, 0.5) is 4.79 Å². The highest BCUT2D eigenvalue weighted by Crippen LogP contribution is 2.50. The normalized spacial score (nSPS) is 31.4. The van der Waals surface area contributed by atoms with Crippen LogP contribution in [0.1, 0.15) is 95.4 Å². The van der Waals surface area contributed by atoms with Gasteiger partial charge in [-0.25, -0.2) is 4.79 Å². The van der Waals surface area contributed by atoms with Gasteiger partial charge in [0.05, 0.1) is 12.0 Å². The molecule has 5 amide bonds. The summed E-state index contributed by atoms with van der Waals surface area (Å²) in [4.78, 5) is 71.0. The minimum atomic E-state index is -1.99. The number of carbonyl (C=O) groups excluding carboxylic acids is 4. The highest BCUT2D eigenvalue weighted by molar-refractivity contribution is 5.99. The first-order valence-electron chi connectivity index (χ1n) is 24.9. The second kappa shape index (κ2) is 17.1. The van der Waals surface area contributed by atoms with Crippen LogP contribution < -0.4 is 10.6 Å². The van der Waals surface area contributed by atoms with Crippen LogP contribution in [0.5, 0.6) is 0 Å². The maximum Gasteiger partial charge on any atom is 0.317 e. The summed E-state index contributed by atoms with van der Waals surface area (Å²) in [5.41, 5.74) is 7.17. The number of H-pyrrole nitrogens is 2. The van der Waals surface area contributed by atoms with Gasteiger partial charge < -0.3 is 40.4 Å². The number of hydrogen-bond acceptors (Lipinski definition) is 8. The lowest BCUT2D eigenvalue weighted by atomic mass is 9.72. The van der Waals surface area contributed by atoms with Crippen molar-refractivity contribution in [3.63, 3.8) is 0 Å². The van der Waals surface area contributed by atoms with E-state index in [1.807, 2.05) is 46.4 Å². The molecule has 4 saturated heterocycles. The van der Waals surface area contributed by atoms with E-state index >= 15 is 0 Å². The lowest BCUT2D eigenvalue weighted by Crippen LogP contribution is -2.72. The number of amides is 5. The van der Waals surface area contributed by atoms with Gasteiger partial charge in [0, 0.05) is 90.8 Å². The van der Waals surface area contributed by atoms with Crippen molar-refractivity contribution in [3.8, 4) is 0 Å². The van der Waals surface area contributed by atoms with E-state index in [0.717, 1.165) is 44.4 Å². The summed E-state index contributed by atoms with van der Waals surface area (Å²) in [6.45, 7) is 15.0. The number of likely N-dealkylation sites (tertiary alicyclic amines) is 1. The summed E-state index contributed by atoms with van der Waals surface area (Å²) < 4.78 is 6.47. The van der Waals surface area contributed by atoms with Gasteiger partial charge in [-0.05, 0) is 106 Å². The van der Waals surface area contributed by atoms with Crippen LogP contribution in [0.15, 0.2) is 54.9 Å². The van der Waals surface area contributed by atoms with Crippen LogP contribution in [0.2, 0.25) is 0 Å². The van der Waals surface area contributed by atoms with Gasteiger partial charge in [-0.1, -0.05) is 64.5 Å². The molecule has 15 nitrogen and oxygen atoms in total. The number of aromatic nitrogens is 2. The number of hydrogen-bond donors (Lipinski definition) is 5. The first-order chi connectivity index (χ1) is 32.1. The predicted octanol–water partition coefficient (Wildman–Crippen LogP) is 5.36. The molecule has 2 aliphatic carbocycles. The van der Waals surface area contributed by atoms with Gasteiger partial charge in [0.25, 0.3) is 11.8 Å². The van der Waals surface area contributed by atoms with Crippen molar-refractivity contribution < 1.29 is 29.0 Å². The molecule has 5 aliphatic heterocycles. The molecular formula is C52H69N9O6. The number of nitrogens with one attached hydrogen (secondary N) is 4. The maximum atomic E-state index is 14.5. The lowest BCUT2D eigenvalue weighted by molar-refractivity contribution is -0.324. The number of benzene rings is 2. The van der Waals surface area contributed by atoms with Crippen molar-refractivity contribution in [2.75, 3.05) is 46.8 Å². The van der Waals surface area contributed by atoms with Crippen molar-refractivity contribution in [2.45, 2.75) is 128 Å². The number of carbonyl (C=O) groups is 4. The molecule has 5 N–H and O–H groups in total. The molecule has 0 spiro atoms. The summed E-state index contributed by atoms with van der Waals surface area (Å²) in [7, 11) is 4.23. The van der Waals surface area contributed by atoms with Crippen LogP contribution >= 0.6 is 0 Å². The molecular weight excluding hydrogens is 847 g/mol. The Balaban J connectivity index is 0.000000179. The molecule has 67 heavy (non-hydrogen) atoms. The molecule has 0 bridgehead atoms. The number of likely N-dealkylation sites (N-methyl/N-ethyl adjacent to an activating group) is 2. The second-order valence-electron chi connectivity index (χ2n) is 20.7. The highest BCUT2D eigenvalue weighted by atomic mass is 16.7. The fourth-order valence-corrected chi connectivity index (χ4v) is 12.9. The molecule has 358 valence electrons. The molecule has 0 radical (unpaired) electrons. The van der Waals surface area contributed by atoms with E-state index < -0.39 is 35.5 Å². The van der Waals surface area contributed by atoms with Crippen molar-refractivity contribution in [1.82, 2.24) is 45.1 Å². The monoisotopic (exact) mass is 916 g/mol. The summed E-state index contributed by atoms with van der Waals surface area (Å²) in [5.74, 6) is -3.79. The number of nitrogens with zero attached hydrogens (tertiary/aromatic N) is 5. The van der Waals surface area contributed by atoms with E-state index in [1.54, 1.807) is 4.90 Å². The van der Waals surface area contributed by atoms with E-state index in [1.165, 1.54) is 49.0 Å². The average Bonchev–Trinajstić information content (AvgIpc) is 4.12. The third-order valence-corrected chi connectivity index (χ3v) is 16.7. The van der Waals surface area contributed by atoms with E-state index in [-0.39, 0.29) is 47.7 Å². The van der Waals surface area contributed by atoms with Crippen molar-refractivity contribution in [1.29, 1.82) is 0 Å². The van der Waals surface area contributed by atoms with Crippen molar-refractivity contribution in [3.05, 3.63) is 77.1 Å².